The number of β-amino-alcohol motifs (C(OH)–C–C–N with tert-alkyl or cyclic N) is 1. The van der Waals surface area contributed by atoms with Crippen molar-refractivity contribution < 1.29 is 15.0 Å². The smallest absolute Gasteiger partial charge is 0.223 e. The number of hydrogen-bond donors (Lipinski definition) is 2. The Hall–Kier alpha value is -1.55. The molecule has 0 bridgehead atoms. The Morgan fingerprint density at radius 1 is 1.13 bits per heavy atom. The van der Waals surface area contributed by atoms with Gasteiger partial charge >= 0.3 is 0 Å². The van der Waals surface area contributed by atoms with Crippen molar-refractivity contribution in [2.75, 3.05) is 13.2 Å². The van der Waals surface area contributed by atoms with Crippen LogP contribution in [0, 0.1) is 0 Å². The molecule has 0 saturated carbocycles. The number of para-hydroxylation sites is 1. The predicted octanol–water partition coefficient (Wildman–Crippen LogP) is 3.24. The molecule has 23 heavy (non-hydrogen) atoms. The highest BCUT2D eigenvalue weighted by Gasteiger charge is 2.26. The van der Waals surface area contributed by atoms with Crippen LogP contribution in [0.4, 0.5) is 0 Å². The summed E-state index contributed by atoms with van der Waals surface area (Å²) in [6.07, 6.45) is 0.811. The molecule has 0 aliphatic carbocycles. The lowest BCUT2D eigenvalue weighted by Crippen LogP contribution is -2.47. The first-order valence-corrected chi connectivity index (χ1v) is 8.21. The normalized spacial score (nSPS) is 12.3. The number of aliphatic hydroxyl groups is 1. The Morgan fingerprint density at radius 3 is 2.22 bits per heavy atom. The van der Waals surface area contributed by atoms with Crippen LogP contribution >= 0.6 is 0 Å². The molecule has 0 radical (unpaired) electrons. The van der Waals surface area contributed by atoms with E-state index in [1.165, 1.54) is 0 Å². The molecule has 2 N–H and O–H groups in total. The van der Waals surface area contributed by atoms with Crippen LogP contribution in [0.15, 0.2) is 18.2 Å². The van der Waals surface area contributed by atoms with Gasteiger partial charge in [0.2, 0.25) is 5.91 Å². The Labute approximate surface area is 140 Å². The van der Waals surface area contributed by atoms with E-state index in [4.69, 9.17) is 0 Å². The van der Waals surface area contributed by atoms with Gasteiger partial charge in [-0.3, -0.25) is 4.79 Å². The van der Waals surface area contributed by atoms with Gasteiger partial charge in [-0.05, 0) is 43.7 Å². The van der Waals surface area contributed by atoms with E-state index >= 15 is 0 Å². The van der Waals surface area contributed by atoms with Gasteiger partial charge < -0.3 is 15.1 Å². The molecule has 4 heteroatoms. The minimum Gasteiger partial charge on any atom is -0.507 e. The summed E-state index contributed by atoms with van der Waals surface area (Å²) in [5, 5.41) is 19.6. The summed E-state index contributed by atoms with van der Waals surface area (Å²) in [5.41, 5.74) is 1.22. The standard InChI is InChI=1S/C19H31NO3/c1-18(2,3)15-9-7-8-14(17(15)23)10-11-16(22)20(12-13-21)19(4,5)6/h7-9,21,23H,10-13H2,1-6H3. The average Bonchev–Trinajstić information content (AvgIpc) is 2.40. The van der Waals surface area contributed by atoms with Crippen molar-refractivity contribution in [1.29, 1.82) is 0 Å². The number of carbonyl (C=O) groups excluding carboxylic acids is 1. The molecule has 0 aromatic heterocycles. The third kappa shape index (κ3) is 5.24. The Morgan fingerprint density at radius 2 is 1.74 bits per heavy atom. The van der Waals surface area contributed by atoms with E-state index in [2.05, 4.69) is 20.8 Å². The zero-order chi connectivity index (χ0) is 17.8. The first-order valence-electron chi connectivity index (χ1n) is 8.21. The maximum Gasteiger partial charge on any atom is 0.223 e. The fourth-order valence-electron chi connectivity index (χ4n) is 2.71. The highest BCUT2D eigenvalue weighted by Crippen LogP contribution is 2.33. The number of amides is 1. The molecule has 0 spiro atoms. The van der Waals surface area contributed by atoms with E-state index in [9.17, 15) is 15.0 Å². The van der Waals surface area contributed by atoms with Gasteiger partial charge in [0.05, 0.1) is 6.61 Å². The number of rotatable bonds is 5. The fraction of sp³-hybridized carbons (Fsp3) is 0.632. The third-order valence-electron chi connectivity index (χ3n) is 3.97. The second kappa shape index (κ2) is 7.35. The molecule has 0 fully saturated rings. The van der Waals surface area contributed by atoms with Crippen LogP contribution in [0.2, 0.25) is 0 Å². The van der Waals surface area contributed by atoms with E-state index in [-0.39, 0.29) is 29.2 Å². The molecule has 0 aliphatic rings. The van der Waals surface area contributed by atoms with Crippen LogP contribution < -0.4 is 0 Å². The molecule has 0 heterocycles. The van der Waals surface area contributed by atoms with Crippen molar-refractivity contribution in [3.63, 3.8) is 0 Å². The summed E-state index contributed by atoms with van der Waals surface area (Å²) < 4.78 is 0. The molecular formula is C19H31NO3. The first kappa shape index (κ1) is 19.5. The topological polar surface area (TPSA) is 60.8 Å². The zero-order valence-electron chi connectivity index (χ0n) is 15.3. The first-order chi connectivity index (χ1) is 10.5. The molecular weight excluding hydrogens is 290 g/mol. The van der Waals surface area contributed by atoms with Crippen molar-refractivity contribution in [2.45, 2.75) is 65.3 Å². The number of benzene rings is 1. The van der Waals surface area contributed by atoms with Gasteiger partial charge in [-0.1, -0.05) is 39.0 Å². The largest absolute Gasteiger partial charge is 0.507 e. The molecule has 1 amide bonds. The summed E-state index contributed by atoms with van der Waals surface area (Å²) in [4.78, 5) is 14.2. The van der Waals surface area contributed by atoms with Gasteiger partial charge in [0.15, 0.2) is 0 Å². The monoisotopic (exact) mass is 321 g/mol. The number of phenols is 1. The van der Waals surface area contributed by atoms with E-state index in [0.717, 1.165) is 11.1 Å². The predicted molar refractivity (Wildman–Crippen MR) is 93.7 cm³/mol. The maximum absolute atomic E-state index is 12.5. The lowest BCUT2D eigenvalue weighted by molar-refractivity contribution is -0.136. The highest BCUT2D eigenvalue weighted by atomic mass is 16.3. The van der Waals surface area contributed by atoms with Crippen molar-refractivity contribution in [3.8, 4) is 5.75 Å². The number of aromatic hydroxyl groups is 1. The zero-order valence-corrected chi connectivity index (χ0v) is 15.3. The van der Waals surface area contributed by atoms with Crippen LogP contribution in [0.3, 0.4) is 0 Å². The average molecular weight is 321 g/mol. The molecule has 0 atom stereocenters. The Kier molecular flexibility index (Phi) is 6.23. The quantitative estimate of drug-likeness (QED) is 0.875. The minimum atomic E-state index is -0.324. The summed E-state index contributed by atoms with van der Waals surface area (Å²) in [7, 11) is 0. The number of aryl methyl sites for hydroxylation is 1. The van der Waals surface area contributed by atoms with Crippen LogP contribution in [0.5, 0.6) is 5.75 Å². The number of aliphatic hydroxyl groups excluding tert-OH is 1. The second-order valence-electron chi connectivity index (χ2n) is 8.00. The van der Waals surface area contributed by atoms with E-state index in [1.807, 2.05) is 39.0 Å². The molecule has 1 aromatic rings. The molecule has 1 aromatic carbocycles. The summed E-state index contributed by atoms with van der Waals surface area (Å²) >= 11 is 0. The molecule has 0 unspecified atom stereocenters. The fourth-order valence-corrected chi connectivity index (χ4v) is 2.71. The number of phenolic OH excluding ortho intramolecular Hbond substituents is 1. The Balaban J connectivity index is 2.88. The second-order valence-corrected chi connectivity index (χ2v) is 8.00. The van der Waals surface area contributed by atoms with Gasteiger partial charge in [-0.2, -0.15) is 0 Å². The lowest BCUT2D eigenvalue weighted by Gasteiger charge is -2.35. The molecule has 1 rings (SSSR count). The van der Waals surface area contributed by atoms with Gasteiger partial charge in [0.1, 0.15) is 5.75 Å². The lowest BCUT2D eigenvalue weighted by atomic mass is 9.84. The van der Waals surface area contributed by atoms with Crippen molar-refractivity contribution in [3.05, 3.63) is 29.3 Å². The number of carbonyl (C=O) groups is 1. The molecule has 4 nitrogen and oxygen atoms in total. The van der Waals surface area contributed by atoms with Crippen LogP contribution in [0.25, 0.3) is 0 Å². The molecule has 130 valence electrons. The summed E-state index contributed by atoms with van der Waals surface area (Å²) in [6.45, 7) is 12.3. The number of nitrogens with zero attached hydrogens (tertiary/aromatic N) is 1. The molecule has 0 aliphatic heterocycles. The van der Waals surface area contributed by atoms with Gasteiger partial charge in [-0.15, -0.1) is 0 Å². The van der Waals surface area contributed by atoms with Gasteiger partial charge in [-0.25, -0.2) is 0 Å². The Bertz CT molecular complexity index is 539. The van der Waals surface area contributed by atoms with E-state index < -0.39 is 0 Å². The summed E-state index contributed by atoms with van der Waals surface area (Å²) in [5.74, 6) is 0.282. The van der Waals surface area contributed by atoms with Gasteiger partial charge in [0, 0.05) is 18.5 Å². The highest BCUT2D eigenvalue weighted by molar-refractivity contribution is 5.77. The van der Waals surface area contributed by atoms with Crippen LogP contribution in [-0.2, 0) is 16.6 Å². The van der Waals surface area contributed by atoms with Crippen LogP contribution in [0.1, 0.15) is 59.1 Å². The maximum atomic E-state index is 12.5. The summed E-state index contributed by atoms with van der Waals surface area (Å²) in [6, 6.07) is 5.72. The van der Waals surface area contributed by atoms with Gasteiger partial charge in [0.25, 0.3) is 0 Å². The van der Waals surface area contributed by atoms with Crippen LogP contribution in [-0.4, -0.2) is 39.7 Å². The molecule has 0 saturated heterocycles. The van der Waals surface area contributed by atoms with Crippen molar-refractivity contribution >= 4 is 5.91 Å². The van der Waals surface area contributed by atoms with Crippen molar-refractivity contribution in [1.82, 2.24) is 4.90 Å². The minimum absolute atomic E-state index is 0.00730. The SMILES string of the molecule is CC(C)(C)c1cccc(CCC(=O)N(CCO)C(C)(C)C)c1O. The third-order valence-corrected chi connectivity index (χ3v) is 3.97. The van der Waals surface area contributed by atoms with E-state index in [1.54, 1.807) is 4.90 Å². The number of hydrogen-bond acceptors (Lipinski definition) is 3. The van der Waals surface area contributed by atoms with E-state index in [0.29, 0.717) is 19.4 Å². The van der Waals surface area contributed by atoms with Crippen molar-refractivity contribution in [2.24, 2.45) is 0 Å².